The Labute approximate surface area is 146 Å². The van der Waals surface area contributed by atoms with Gasteiger partial charge in [-0.1, -0.05) is 72.3 Å². The van der Waals surface area contributed by atoms with Crippen molar-refractivity contribution in [3.63, 3.8) is 0 Å². The molecule has 0 spiro atoms. The van der Waals surface area contributed by atoms with Gasteiger partial charge in [-0.2, -0.15) is 0 Å². The van der Waals surface area contributed by atoms with Crippen molar-refractivity contribution in [1.29, 1.82) is 0 Å². The minimum Gasteiger partial charge on any atom is -0.278 e. The number of rotatable bonds is 2. The van der Waals surface area contributed by atoms with Gasteiger partial charge in [-0.3, -0.25) is 4.99 Å². The minimum absolute atomic E-state index is 0.569. The van der Waals surface area contributed by atoms with E-state index in [0.717, 1.165) is 33.8 Å². The molecule has 0 aliphatic carbocycles. The van der Waals surface area contributed by atoms with Gasteiger partial charge in [-0.15, -0.1) is 0 Å². The van der Waals surface area contributed by atoms with Crippen LogP contribution >= 0.6 is 11.6 Å². The quantitative estimate of drug-likeness (QED) is 0.595. The molecule has 1 aliphatic rings. The second-order valence-corrected chi connectivity index (χ2v) is 6.07. The van der Waals surface area contributed by atoms with Gasteiger partial charge in [-0.05, 0) is 18.2 Å². The lowest BCUT2D eigenvalue weighted by Gasteiger charge is -2.09. The molecule has 2 nitrogen and oxygen atoms in total. The number of aliphatic imine (C=N–C) groups is 2. The van der Waals surface area contributed by atoms with E-state index >= 15 is 0 Å². The van der Waals surface area contributed by atoms with Crippen molar-refractivity contribution in [3.8, 4) is 0 Å². The Morgan fingerprint density at radius 2 is 1.33 bits per heavy atom. The molecule has 0 amide bonds. The van der Waals surface area contributed by atoms with E-state index in [0.29, 0.717) is 11.6 Å². The van der Waals surface area contributed by atoms with Crippen LogP contribution in [-0.4, -0.2) is 11.4 Å². The van der Waals surface area contributed by atoms with Gasteiger partial charge in [-0.25, -0.2) is 4.99 Å². The van der Waals surface area contributed by atoms with Crippen LogP contribution in [0.3, 0.4) is 0 Å². The first kappa shape index (κ1) is 14.9. The molecule has 0 aromatic heterocycles. The van der Waals surface area contributed by atoms with Crippen LogP contribution in [0.5, 0.6) is 0 Å². The fourth-order valence-corrected chi connectivity index (χ4v) is 3.02. The van der Waals surface area contributed by atoms with Gasteiger partial charge in [0.05, 0.1) is 23.7 Å². The molecular formula is C21H15ClN2. The molecular weight excluding hydrogens is 316 g/mol. The lowest BCUT2D eigenvalue weighted by Crippen LogP contribution is -2.16. The third-order valence-electron chi connectivity index (χ3n) is 4.00. The highest BCUT2D eigenvalue weighted by atomic mass is 35.5. The lowest BCUT2D eigenvalue weighted by atomic mass is 9.99. The molecule has 0 fully saturated rings. The smallest absolute Gasteiger partial charge is 0.0967 e. The molecule has 0 saturated carbocycles. The second kappa shape index (κ2) is 6.42. The Bertz CT molecular complexity index is 929. The number of fused-ring (bicyclic) bond motifs is 1. The van der Waals surface area contributed by atoms with E-state index in [9.17, 15) is 0 Å². The highest BCUT2D eigenvalue weighted by molar-refractivity contribution is 6.54. The van der Waals surface area contributed by atoms with Crippen molar-refractivity contribution in [2.24, 2.45) is 9.98 Å². The van der Waals surface area contributed by atoms with Crippen LogP contribution in [0, 0.1) is 0 Å². The van der Waals surface area contributed by atoms with E-state index in [1.54, 1.807) is 0 Å². The van der Waals surface area contributed by atoms with Crippen LogP contribution < -0.4 is 0 Å². The van der Waals surface area contributed by atoms with Crippen LogP contribution in [0.4, 0.5) is 5.69 Å². The molecule has 0 radical (unpaired) electrons. The van der Waals surface area contributed by atoms with Gasteiger partial charge in [0.25, 0.3) is 0 Å². The average molecular weight is 331 g/mol. The summed E-state index contributed by atoms with van der Waals surface area (Å²) in [5.41, 5.74) is 5.90. The third kappa shape index (κ3) is 2.89. The summed E-state index contributed by atoms with van der Waals surface area (Å²) in [5, 5.41) is 0.712. The van der Waals surface area contributed by atoms with E-state index in [4.69, 9.17) is 21.6 Å². The van der Waals surface area contributed by atoms with Gasteiger partial charge in [0.1, 0.15) is 0 Å². The van der Waals surface area contributed by atoms with E-state index in [1.807, 2.05) is 54.6 Å². The summed E-state index contributed by atoms with van der Waals surface area (Å²) in [7, 11) is 0. The molecule has 3 aromatic carbocycles. The minimum atomic E-state index is 0.569. The number of hydrogen-bond donors (Lipinski definition) is 0. The molecule has 1 heterocycles. The number of halogens is 1. The average Bonchev–Trinajstić information content (AvgIpc) is 2.82. The fraction of sp³-hybridized carbons (Fsp3) is 0.0476. The number of benzene rings is 3. The Hall–Kier alpha value is -2.71. The fourth-order valence-electron chi connectivity index (χ4n) is 2.82. The van der Waals surface area contributed by atoms with Crippen molar-refractivity contribution in [3.05, 3.63) is 101 Å². The summed E-state index contributed by atoms with van der Waals surface area (Å²) >= 11 is 6.14. The summed E-state index contributed by atoms with van der Waals surface area (Å²) in [6, 6.07) is 26.2. The first-order valence-electron chi connectivity index (χ1n) is 7.84. The molecule has 3 aromatic rings. The second-order valence-electron chi connectivity index (χ2n) is 5.63. The molecule has 3 heteroatoms. The Kier molecular flexibility index (Phi) is 3.97. The molecule has 0 bridgehead atoms. The standard InChI is InChI=1S/C21H15ClN2/c22-18-11-12-19-17(13-18)14-23-20(15-7-3-1-4-8-15)21(24-19)16-9-5-2-6-10-16/h1-13H,14H2. The first-order chi connectivity index (χ1) is 11.8. The summed E-state index contributed by atoms with van der Waals surface area (Å²) in [6.07, 6.45) is 0. The Morgan fingerprint density at radius 3 is 2.00 bits per heavy atom. The van der Waals surface area contributed by atoms with Gasteiger partial charge in [0.2, 0.25) is 0 Å². The number of nitrogens with zero attached hydrogens (tertiary/aromatic N) is 2. The zero-order valence-corrected chi connectivity index (χ0v) is 13.7. The predicted molar refractivity (Wildman–Crippen MR) is 101 cm³/mol. The summed E-state index contributed by atoms with van der Waals surface area (Å²) < 4.78 is 0. The van der Waals surface area contributed by atoms with Crippen LogP contribution in [0.25, 0.3) is 0 Å². The first-order valence-corrected chi connectivity index (χ1v) is 8.22. The van der Waals surface area contributed by atoms with E-state index in [2.05, 4.69) is 24.3 Å². The van der Waals surface area contributed by atoms with Crippen molar-refractivity contribution in [2.45, 2.75) is 6.54 Å². The summed E-state index contributed by atoms with van der Waals surface area (Å²) in [6.45, 7) is 0.569. The SMILES string of the molecule is Clc1ccc2c(c1)CN=C(c1ccccc1)C(c1ccccc1)=N2. The van der Waals surface area contributed by atoms with Crippen LogP contribution in [0.15, 0.2) is 88.8 Å². The monoisotopic (exact) mass is 330 g/mol. The van der Waals surface area contributed by atoms with Gasteiger partial charge < -0.3 is 0 Å². The van der Waals surface area contributed by atoms with Crippen molar-refractivity contribution in [2.75, 3.05) is 0 Å². The van der Waals surface area contributed by atoms with E-state index in [-0.39, 0.29) is 0 Å². The van der Waals surface area contributed by atoms with Crippen molar-refractivity contribution >= 4 is 28.7 Å². The van der Waals surface area contributed by atoms with Gasteiger partial charge in [0.15, 0.2) is 0 Å². The van der Waals surface area contributed by atoms with Crippen molar-refractivity contribution in [1.82, 2.24) is 0 Å². The third-order valence-corrected chi connectivity index (χ3v) is 4.24. The van der Waals surface area contributed by atoms with Crippen LogP contribution in [0.1, 0.15) is 16.7 Å². The molecule has 0 unspecified atom stereocenters. The lowest BCUT2D eigenvalue weighted by molar-refractivity contribution is 1.08. The maximum Gasteiger partial charge on any atom is 0.0967 e. The van der Waals surface area contributed by atoms with Gasteiger partial charge >= 0.3 is 0 Å². The van der Waals surface area contributed by atoms with Crippen LogP contribution in [-0.2, 0) is 6.54 Å². The molecule has 116 valence electrons. The summed E-state index contributed by atoms with van der Waals surface area (Å²) in [4.78, 5) is 9.80. The zero-order chi connectivity index (χ0) is 16.4. The van der Waals surface area contributed by atoms with E-state index < -0.39 is 0 Å². The summed E-state index contributed by atoms with van der Waals surface area (Å²) in [5.74, 6) is 0. The highest BCUT2D eigenvalue weighted by Crippen LogP contribution is 2.28. The number of hydrogen-bond acceptors (Lipinski definition) is 2. The highest BCUT2D eigenvalue weighted by Gasteiger charge is 2.18. The molecule has 0 atom stereocenters. The molecule has 0 saturated heterocycles. The van der Waals surface area contributed by atoms with Crippen LogP contribution in [0.2, 0.25) is 5.02 Å². The topological polar surface area (TPSA) is 24.7 Å². The molecule has 0 N–H and O–H groups in total. The maximum atomic E-state index is 6.14. The zero-order valence-electron chi connectivity index (χ0n) is 13.0. The molecule has 1 aliphatic heterocycles. The largest absolute Gasteiger partial charge is 0.278 e. The molecule has 4 rings (SSSR count). The normalized spacial score (nSPS) is 13.5. The van der Waals surface area contributed by atoms with Gasteiger partial charge in [0, 0.05) is 21.7 Å². The Balaban J connectivity index is 1.93. The molecule has 24 heavy (non-hydrogen) atoms. The van der Waals surface area contributed by atoms with Crippen molar-refractivity contribution < 1.29 is 0 Å². The predicted octanol–water partition coefficient (Wildman–Crippen LogP) is 5.46. The maximum absolute atomic E-state index is 6.14. The van der Waals surface area contributed by atoms with E-state index in [1.165, 1.54) is 0 Å². The Morgan fingerprint density at radius 1 is 0.708 bits per heavy atom.